The number of nitrogens with zero attached hydrogens (tertiary/aromatic N) is 1. The number of carbonyl (C=O) groups excluding carboxylic acids is 1. The van der Waals surface area contributed by atoms with Crippen LogP contribution < -0.4 is 5.32 Å². The number of pyridine rings is 1. The second-order valence-corrected chi connectivity index (χ2v) is 7.26. The van der Waals surface area contributed by atoms with Gasteiger partial charge in [0.15, 0.2) is 0 Å². The zero-order valence-corrected chi connectivity index (χ0v) is 14.4. The van der Waals surface area contributed by atoms with Gasteiger partial charge in [-0.05, 0) is 30.5 Å². The molecule has 3 rings (SSSR count). The number of nitrogens with one attached hydrogen (secondary N) is 1. The summed E-state index contributed by atoms with van der Waals surface area (Å²) >= 11 is 1.49. The van der Waals surface area contributed by atoms with Gasteiger partial charge in [-0.3, -0.25) is 9.78 Å². The van der Waals surface area contributed by atoms with E-state index in [2.05, 4.69) is 16.2 Å². The molecule has 1 aliphatic carbocycles. The van der Waals surface area contributed by atoms with Crippen molar-refractivity contribution < 1.29 is 9.90 Å². The van der Waals surface area contributed by atoms with Crippen LogP contribution in [0.3, 0.4) is 0 Å². The molecule has 4 nitrogen and oxygen atoms in total. The summed E-state index contributed by atoms with van der Waals surface area (Å²) in [6.07, 6.45) is 9.55. The van der Waals surface area contributed by atoms with E-state index in [4.69, 9.17) is 6.42 Å². The molecule has 2 heterocycles. The third-order valence-electron chi connectivity index (χ3n) is 4.32. The van der Waals surface area contributed by atoms with E-state index in [0.717, 1.165) is 39.5 Å². The fraction of sp³-hybridized carbons (Fsp3) is 0.368. The van der Waals surface area contributed by atoms with Gasteiger partial charge in [-0.2, -0.15) is 0 Å². The van der Waals surface area contributed by atoms with Gasteiger partial charge in [0.1, 0.15) is 5.00 Å². The first-order valence-electron chi connectivity index (χ1n) is 8.08. The Kier molecular flexibility index (Phi) is 4.98. The number of aliphatic hydroxyl groups is 1. The Labute approximate surface area is 145 Å². The Hall–Kier alpha value is -2.16. The van der Waals surface area contributed by atoms with Gasteiger partial charge in [0.2, 0.25) is 5.91 Å². The molecule has 124 valence electrons. The highest BCUT2D eigenvalue weighted by atomic mass is 32.1. The second-order valence-electron chi connectivity index (χ2n) is 6.16. The Balaban J connectivity index is 1.72. The first-order chi connectivity index (χ1) is 11.6. The minimum atomic E-state index is -0.311. The van der Waals surface area contributed by atoms with E-state index < -0.39 is 0 Å². The summed E-state index contributed by atoms with van der Waals surface area (Å²) in [6.45, 7) is 1.99. The van der Waals surface area contributed by atoms with Crippen molar-refractivity contribution in [2.45, 2.75) is 44.6 Å². The molecule has 1 amide bonds. The minimum Gasteiger partial charge on any atom is -0.393 e. The lowest BCUT2D eigenvalue weighted by molar-refractivity contribution is -0.116. The normalized spacial score (nSPS) is 17.6. The standard InChI is InChI=1S/C19H20N2O2S/c1-3-14-15-8-7-13(22)11-17(15)24-19(14)21-18(23)10-12(2)16-6-4-5-9-20-16/h1,4-6,9,12-13,22H,7-8,10-11H2,2H3,(H,21,23). The lowest BCUT2D eigenvalue weighted by atomic mass is 9.94. The maximum atomic E-state index is 12.4. The highest BCUT2D eigenvalue weighted by Gasteiger charge is 2.25. The summed E-state index contributed by atoms with van der Waals surface area (Å²) in [5.74, 6) is 2.68. The number of carbonyl (C=O) groups is 1. The third-order valence-corrected chi connectivity index (χ3v) is 5.49. The molecule has 0 spiro atoms. The third kappa shape index (κ3) is 3.50. The molecule has 2 aromatic rings. The first kappa shape index (κ1) is 16.7. The van der Waals surface area contributed by atoms with Crippen LogP contribution >= 0.6 is 11.3 Å². The van der Waals surface area contributed by atoms with Crippen LogP contribution in [0.5, 0.6) is 0 Å². The summed E-state index contributed by atoms with van der Waals surface area (Å²) in [5.41, 5.74) is 2.79. The number of aromatic nitrogens is 1. The number of anilines is 1. The van der Waals surface area contributed by atoms with Crippen molar-refractivity contribution >= 4 is 22.2 Å². The lowest BCUT2D eigenvalue weighted by Gasteiger charge is -2.16. The number of terminal acetylenes is 1. The Bertz CT molecular complexity index is 777. The average molecular weight is 340 g/mol. The quantitative estimate of drug-likeness (QED) is 0.841. The Morgan fingerprint density at radius 3 is 3.12 bits per heavy atom. The summed E-state index contributed by atoms with van der Waals surface area (Å²) in [6, 6.07) is 5.71. The average Bonchev–Trinajstić information content (AvgIpc) is 2.91. The van der Waals surface area contributed by atoms with Crippen molar-refractivity contribution in [1.29, 1.82) is 0 Å². The van der Waals surface area contributed by atoms with Crippen LogP contribution in [0.2, 0.25) is 0 Å². The molecule has 0 saturated carbocycles. The van der Waals surface area contributed by atoms with Crippen LogP contribution in [0, 0.1) is 12.3 Å². The summed E-state index contributed by atoms with van der Waals surface area (Å²) < 4.78 is 0. The van der Waals surface area contributed by atoms with Gasteiger partial charge in [-0.1, -0.05) is 18.9 Å². The Morgan fingerprint density at radius 2 is 2.42 bits per heavy atom. The molecule has 0 aliphatic heterocycles. The van der Waals surface area contributed by atoms with Crippen LogP contribution in [0.25, 0.3) is 0 Å². The molecule has 2 N–H and O–H groups in total. The smallest absolute Gasteiger partial charge is 0.225 e. The van der Waals surface area contributed by atoms with Crippen LogP contribution in [0.15, 0.2) is 24.4 Å². The zero-order valence-electron chi connectivity index (χ0n) is 13.6. The predicted molar refractivity (Wildman–Crippen MR) is 96.2 cm³/mol. The predicted octanol–water partition coefficient (Wildman–Crippen LogP) is 3.11. The van der Waals surface area contributed by atoms with Crippen LogP contribution in [-0.4, -0.2) is 22.1 Å². The molecule has 0 saturated heterocycles. The molecular weight excluding hydrogens is 320 g/mol. The molecule has 2 aromatic heterocycles. The van der Waals surface area contributed by atoms with Crippen molar-refractivity contribution in [2.75, 3.05) is 5.32 Å². The van der Waals surface area contributed by atoms with Crippen LogP contribution in [0.4, 0.5) is 5.00 Å². The second kappa shape index (κ2) is 7.16. The number of fused-ring (bicyclic) bond motifs is 1. The van der Waals surface area contributed by atoms with Gasteiger partial charge in [0.05, 0.1) is 11.7 Å². The summed E-state index contributed by atoms with van der Waals surface area (Å²) in [7, 11) is 0. The van der Waals surface area contributed by atoms with E-state index in [-0.39, 0.29) is 17.9 Å². The zero-order chi connectivity index (χ0) is 17.1. The molecular formula is C19H20N2O2S. The summed E-state index contributed by atoms with van der Waals surface area (Å²) in [4.78, 5) is 17.8. The first-order valence-corrected chi connectivity index (χ1v) is 8.90. The van der Waals surface area contributed by atoms with Crippen LogP contribution in [0.1, 0.15) is 47.4 Å². The number of hydrogen-bond donors (Lipinski definition) is 2. The maximum Gasteiger partial charge on any atom is 0.225 e. The largest absolute Gasteiger partial charge is 0.393 e. The highest BCUT2D eigenvalue weighted by molar-refractivity contribution is 7.16. The topological polar surface area (TPSA) is 62.2 Å². The van der Waals surface area contributed by atoms with E-state index >= 15 is 0 Å². The molecule has 0 fully saturated rings. The van der Waals surface area contributed by atoms with E-state index in [1.807, 2.05) is 25.1 Å². The van der Waals surface area contributed by atoms with Gasteiger partial charge in [0.25, 0.3) is 0 Å². The number of amides is 1. The fourth-order valence-corrected chi connectivity index (χ4v) is 4.34. The number of aliphatic hydroxyl groups excluding tert-OH is 1. The van der Waals surface area contributed by atoms with Gasteiger partial charge in [-0.15, -0.1) is 17.8 Å². The van der Waals surface area contributed by atoms with E-state index in [1.54, 1.807) is 6.20 Å². The van der Waals surface area contributed by atoms with Gasteiger partial charge >= 0.3 is 0 Å². The molecule has 5 heteroatoms. The van der Waals surface area contributed by atoms with E-state index in [0.29, 0.717) is 12.8 Å². The number of thiophene rings is 1. The lowest BCUT2D eigenvalue weighted by Crippen LogP contribution is -2.17. The molecule has 2 unspecified atom stereocenters. The van der Waals surface area contributed by atoms with Crippen molar-refractivity contribution in [3.05, 3.63) is 46.1 Å². The molecule has 0 radical (unpaired) electrons. The van der Waals surface area contributed by atoms with Crippen molar-refractivity contribution in [1.82, 2.24) is 4.98 Å². The molecule has 0 aromatic carbocycles. The van der Waals surface area contributed by atoms with Gasteiger partial charge in [-0.25, -0.2) is 0 Å². The van der Waals surface area contributed by atoms with Gasteiger partial charge in [0, 0.05) is 35.5 Å². The van der Waals surface area contributed by atoms with Gasteiger partial charge < -0.3 is 10.4 Å². The Morgan fingerprint density at radius 1 is 1.58 bits per heavy atom. The molecule has 2 atom stereocenters. The maximum absolute atomic E-state index is 12.4. The van der Waals surface area contributed by atoms with E-state index in [9.17, 15) is 9.90 Å². The monoisotopic (exact) mass is 340 g/mol. The fourth-order valence-electron chi connectivity index (χ4n) is 3.04. The molecule has 1 aliphatic rings. The van der Waals surface area contributed by atoms with Crippen molar-refractivity contribution in [3.63, 3.8) is 0 Å². The molecule has 0 bridgehead atoms. The van der Waals surface area contributed by atoms with Crippen molar-refractivity contribution in [2.24, 2.45) is 0 Å². The van der Waals surface area contributed by atoms with Crippen LogP contribution in [-0.2, 0) is 17.6 Å². The number of rotatable bonds is 4. The minimum absolute atomic E-state index is 0.0388. The SMILES string of the molecule is C#Cc1c(NC(=O)CC(C)c2ccccn2)sc2c1CCC(O)C2. The number of hydrogen-bond acceptors (Lipinski definition) is 4. The van der Waals surface area contributed by atoms with Crippen molar-refractivity contribution in [3.8, 4) is 12.3 Å². The summed E-state index contributed by atoms with van der Waals surface area (Å²) in [5, 5.41) is 13.5. The molecule has 24 heavy (non-hydrogen) atoms. The van der Waals surface area contributed by atoms with E-state index in [1.165, 1.54) is 11.3 Å². The highest BCUT2D eigenvalue weighted by Crippen LogP contribution is 2.38.